The second kappa shape index (κ2) is 8.19. The highest BCUT2D eigenvalue weighted by molar-refractivity contribution is 9.10. The van der Waals surface area contributed by atoms with Crippen molar-refractivity contribution in [3.8, 4) is 0 Å². The predicted octanol–water partition coefficient (Wildman–Crippen LogP) is 4.61. The van der Waals surface area contributed by atoms with E-state index in [0.29, 0.717) is 12.2 Å². The standard InChI is InChI=1S/C22H17BrN4O/c23-20-7-3-4-17(13-20)15-27-11-10-21(26-27)22(28)25-24-14-16-8-9-18-5-1-2-6-19(18)12-16/h1-14H,15H2,(H,25,28)/b24-14-. The SMILES string of the molecule is O=C(N/N=C\c1ccc2ccccc2c1)c1ccn(Cc2cccc(Br)c2)n1. The molecule has 0 atom stereocenters. The molecule has 0 bridgehead atoms. The Bertz CT molecular complexity index is 1170. The fourth-order valence-corrected chi connectivity index (χ4v) is 3.35. The minimum atomic E-state index is -0.343. The number of aromatic nitrogens is 2. The molecule has 5 nitrogen and oxygen atoms in total. The summed E-state index contributed by atoms with van der Waals surface area (Å²) in [4.78, 5) is 12.3. The zero-order chi connectivity index (χ0) is 19.3. The maximum atomic E-state index is 12.3. The number of hydrogen-bond donors (Lipinski definition) is 1. The number of halogens is 1. The van der Waals surface area contributed by atoms with Crippen molar-refractivity contribution >= 4 is 38.8 Å². The van der Waals surface area contributed by atoms with Crippen molar-refractivity contribution in [2.75, 3.05) is 0 Å². The fraction of sp³-hybridized carbons (Fsp3) is 0.0455. The summed E-state index contributed by atoms with van der Waals surface area (Å²) in [5.41, 5.74) is 4.87. The lowest BCUT2D eigenvalue weighted by Gasteiger charge is -2.02. The minimum Gasteiger partial charge on any atom is -0.268 e. The van der Waals surface area contributed by atoms with Gasteiger partial charge in [0.25, 0.3) is 5.91 Å². The summed E-state index contributed by atoms with van der Waals surface area (Å²) in [6.45, 7) is 0.590. The molecule has 0 unspecified atom stereocenters. The zero-order valence-electron chi connectivity index (χ0n) is 14.9. The van der Waals surface area contributed by atoms with E-state index in [1.807, 2.05) is 60.7 Å². The van der Waals surface area contributed by atoms with Gasteiger partial charge in [0, 0.05) is 10.7 Å². The maximum Gasteiger partial charge on any atom is 0.291 e. The van der Waals surface area contributed by atoms with E-state index < -0.39 is 0 Å². The monoisotopic (exact) mass is 432 g/mol. The number of nitrogens with one attached hydrogen (secondary N) is 1. The predicted molar refractivity (Wildman–Crippen MR) is 114 cm³/mol. The molecule has 0 saturated heterocycles. The Labute approximate surface area is 170 Å². The second-order valence-electron chi connectivity index (χ2n) is 6.33. The third kappa shape index (κ3) is 4.35. The zero-order valence-corrected chi connectivity index (χ0v) is 16.5. The largest absolute Gasteiger partial charge is 0.291 e. The summed E-state index contributed by atoms with van der Waals surface area (Å²) in [6, 6.07) is 23.8. The number of hydrazone groups is 1. The first-order valence-corrected chi connectivity index (χ1v) is 9.57. The van der Waals surface area contributed by atoms with E-state index in [2.05, 4.69) is 37.6 Å². The Morgan fingerprint density at radius 3 is 2.75 bits per heavy atom. The minimum absolute atomic E-state index is 0.325. The van der Waals surface area contributed by atoms with Crippen molar-refractivity contribution in [3.05, 3.63) is 100 Å². The topological polar surface area (TPSA) is 59.3 Å². The average molecular weight is 433 g/mol. The summed E-state index contributed by atoms with van der Waals surface area (Å²) < 4.78 is 2.74. The van der Waals surface area contributed by atoms with Gasteiger partial charge in [-0.3, -0.25) is 9.48 Å². The molecule has 0 spiro atoms. The van der Waals surface area contributed by atoms with Crippen LogP contribution < -0.4 is 5.43 Å². The van der Waals surface area contributed by atoms with E-state index in [4.69, 9.17) is 0 Å². The number of nitrogens with zero attached hydrogens (tertiary/aromatic N) is 3. The first-order chi connectivity index (χ1) is 13.7. The molecule has 1 heterocycles. The third-order valence-corrected chi connectivity index (χ3v) is 4.75. The second-order valence-corrected chi connectivity index (χ2v) is 7.25. The van der Waals surface area contributed by atoms with E-state index in [1.54, 1.807) is 23.2 Å². The summed E-state index contributed by atoms with van der Waals surface area (Å²) >= 11 is 3.46. The van der Waals surface area contributed by atoms with Gasteiger partial charge < -0.3 is 0 Å². The van der Waals surface area contributed by atoms with Crippen LogP contribution in [0.3, 0.4) is 0 Å². The quantitative estimate of drug-likeness (QED) is 0.369. The lowest BCUT2D eigenvalue weighted by atomic mass is 10.1. The van der Waals surface area contributed by atoms with Crippen LogP contribution in [0.2, 0.25) is 0 Å². The first kappa shape index (κ1) is 18.1. The van der Waals surface area contributed by atoms with Gasteiger partial charge in [0.05, 0.1) is 12.8 Å². The van der Waals surface area contributed by atoms with Crippen LogP contribution in [-0.2, 0) is 6.54 Å². The molecule has 3 aromatic carbocycles. The van der Waals surface area contributed by atoms with E-state index in [0.717, 1.165) is 21.0 Å². The number of amides is 1. The van der Waals surface area contributed by atoms with Crippen LogP contribution in [0, 0.1) is 0 Å². The highest BCUT2D eigenvalue weighted by Gasteiger charge is 2.08. The van der Waals surface area contributed by atoms with Crippen molar-refractivity contribution in [1.29, 1.82) is 0 Å². The highest BCUT2D eigenvalue weighted by atomic mass is 79.9. The van der Waals surface area contributed by atoms with Gasteiger partial charge in [-0.1, -0.05) is 64.5 Å². The summed E-state index contributed by atoms with van der Waals surface area (Å²) in [5, 5.41) is 10.7. The Morgan fingerprint density at radius 2 is 1.89 bits per heavy atom. The molecule has 0 radical (unpaired) electrons. The van der Waals surface area contributed by atoms with Gasteiger partial charge in [-0.05, 0) is 46.2 Å². The summed E-state index contributed by atoms with van der Waals surface area (Å²) in [5.74, 6) is -0.343. The van der Waals surface area contributed by atoms with Crippen molar-refractivity contribution < 1.29 is 4.79 Å². The number of fused-ring (bicyclic) bond motifs is 1. The molecule has 0 fully saturated rings. The lowest BCUT2D eigenvalue weighted by Crippen LogP contribution is -2.18. The molecule has 0 aliphatic rings. The van der Waals surface area contributed by atoms with Crippen LogP contribution in [0.15, 0.2) is 88.6 Å². The number of rotatable bonds is 5. The molecule has 1 N–H and O–H groups in total. The highest BCUT2D eigenvalue weighted by Crippen LogP contribution is 2.15. The Morgan fingerprint density at radius 1 is 1.04 bits per heavy atom. The Balaban J connectivity index is 1.39. The van der Waals surface area contributed by atoms with Crippen LogP contribution in [-0.4, -0.2) is 21.9 Å². The molecule has 0 aliphatic carbocycles. The van der Waals surface area contributed by atoms with Gasteiger partial charge in [0.1, 0.15) is 0 Å². The Kier molecular flexibility index (Phi) is 5.30. The molecule has 28 heavy (non-hydrogen) atoms. The molecule has 138 valence electrons. The third-order valence-electron chi connectivity index (χ3n) is 4.26. The van der Waals surface area contributed by atoms with Gasteiger partial charge >= 0.3 is 0 Å². The van der Waals surface area contributed by atoms with Crippen LogP contribution in [0.25, 0.3) is 10.8 Å². The summed E-state index contributed by atoms with van der Waals surface area (Å²) in [7, 11) is 0. The van der Waals surface area contributed by atoms with Gasteiger partial charge in [-0.15, -0.1) is 0 Å². The van der Waals surface area contributed by atoms with Gasteiger partial charge in [0.2, 0.25) is 0 Å². The van der Waals surface area contributed by atoms with Gasteiger partial charge in [0.15, 0.2) is 5.69 Å². The number of carbonyl (C=O) groups is 1. The van der Waals surface area contributed by atoms with Gasteiger partial charge in [-0.25, -0.2) is 5.43 Å². The molecule has 6 heteroatoms. The number of benzene rings is 3. The fourth-order valence-electron chi connectivity index (χ4n) is 2.90. The molecule has 0 saturated carbocycles. The smallest absolute Gasteiger partial charge is 0.268 e. The molecule has 1 amide bonds. The molecule has 4 aromatic rings. The van der Waals surface area contributed by atoms with Crippen LogP contribution >= 0.6 is 15.9 Å². The van der Waals surface area contributed by atoms with Crippen LogP contribution in [0.1, 0.15) is 21.6 Å². The molecular formula is C22H17BrN4O. The molecule has 4 rings (SSSR count). The molecule has 0 aliphatic heterocycles. The normalized spacial score (nSPS) is 11.2. The van der Waals surface area contributed by atoms with E-state index in [9.17, 15) is 4.79 Å². The number of hydrogen-bond acceptors (Lipinski definition) is 3. The van der Waals surface area contributed by atoms with Crippen molar-refractivity contribution in [1.82, 2.24) is 15.2 Å². The van der Waals surface area contributed by atoms with Crippen LogP contribution in [0.5, 0.6) is 0 Å². The number of carbonyl (C=O) groups excluding carboxylic acids is 1. The summed E-state index contributed by atoms with van der Waals surface area (Å²) in [6.07, 6.45) is 3.41. The van der Waals surface area contributed by atoms with Gasteiger partial charge in [-0.2, -0.15) is 10.2 Å². The lowest BCUT2D eigenvalue weighted by molar-refractivity contribution is 0.0949. The van der Waals surface area contributed by atoms with Crippen molar-refractivity contribution in [2.45, 2.75) is 6.54 Å². The molecular weight excluding hydrogens is 416 g/mol. The van der Waals surface area contributed by atoms with Crippen molar-refractivity contribution in [3.63, 3.8) is 0 Å². The van der Waals surface area contributed by atoms with Crippen LogP contribution in [0.4, 0.5) is 0 Å². The van der Waals surface area contributed by atoms with E-state index in [1.165, 1.54) is 5.39 Å². The maximum absolute atomic E-state index is 12.3. The first-order valence-electron chi connectivity index (χ1n) is 8.77. The van der Waals surface area contributed by atoms with E-state index in [-0.39, 0.29) is 5.91 Å². The molecule has 1 aromatic heterocycles. The van der Waals surface area contributed by atoms with E-state index >= 15 is 0 Å². The average Bonchev–Trinajstić information content (AvgIpc) is 3.16. The Hall–Kier alpha value is -3.25. The van der Waals surface area contributed by atoms with Crippen molar-refractivity contribution in [2.24, 2.45) is 5.10 Å².